The smallest absolute Gasteiger partial charge is 0.324 e. The standard InChI is InChI=1S/C8H15NO5S/c1-14-8(11)7-4-3-6(10)5-9(7)15(2,12)13/h6-7,10H,3-5H2,1-2H3. The highest BCUT2D eigenvalue weighted by Crippen LogP contribution is 2.21. The number of esters is 1. The fourth-order valence-corrected chi connectivity index (χ4v) is 2.76. The molecule has 0 aromatic carbocycles. The zero-order chi connectivity index (χ0) is 11.6. The van der Waals surface area contributed by atoms with Crippen LogP contribution in [-0.2, 0) is 19.6 Å². The summed E-state index contributed by atoms with van der Waals surface area (Å²) in [6, 6.07) is -0.798. The first-order valence-corrected chi connectivity index (χ1v) is 6.44. The molecule has 6 nitrogen and oxygen atoms in total. The Morgan fingerprint density at radius 3 is 2.53 bits per heavy atom. The molecule has 7 heteroatoms. The topological polar surface area (TPSA) is 83.9 Å². The van der Waals surface area contributed by atoms with Crippen molar-refractivity contribution in [2.45, 2.75) is 25.0 Å². The molecule has 0 aliphatic carbocycles. The van der Waals surface area contributed by atoms with Gasteiger partial charge in [0.2, 0.25) is 10.0 Å². The lowest BCUT2D eigenvalue weighted by Gasteiger charge is -2.34. The van der Waals surface area contributed by atoms with Crippen LogP contribution >= 0.6 is 0 Å². The molecular formula is C8H15NO5S. The number of β-amino-alcohol motifs (C(OH)–C–C–N with tert-alkyl or cyclic N) is 1. The fraction of sp³-hybridized carbons (Fsp3) is 0.875. The van der Waals surface area contributed by atoms with Crippen LogP contribution < -0.4 is 0 Å². The minimum Gasteiger partial charge on any atom is -0.468 e. The van der Waals surface area contributed by atoms with E-state index in [0.717, 1.165) is 10.6 Å². The van der Waals surface area contributed by atoms with Crippen molar-refractivity contribution in [3.05, 3.63) is 0 Å². The van der Waals surface area contributed by atoms with Gasteiger partial charge in [-0.2, -0.15) is 4.31 Å². The fourth-order valence-electron chi connectivity index (χ4n) is 1.66. The maximum Gasteiger partial charge on any atom is 0.324 e. The number of hydrogen-bond donors (Lipinski definition) is 1. The van der Waals surface area contributed by atoms with Gasteiger partial charge in [0, 0.05) is 6.54 Å². The molecule has 2 atom stereocenters. The number of rotatable bonds is 2. The van der Waals surface area contributed by atoms with Gasteiger partial charge in [-0.3, -0.25) is 4.79 Å². The van der Waals surface area contributed by atoms with Crippen LogP contribution in [0.2, 0.25) is 0 Å². The Morgan fingerprint density at radius 2 is 2.07 bits per heavy atom. The van der Waals surface area contributed by atoms with Gasteiger partial charge < -0.3 is 9.84 Å². The molecule has 0 spiro atoms. The van der Waals surface area contributed by atoms with Gasteiger partial charge in [-0.1, -0.05) is 0 Å². The Morgan fingerprint density at radius 1 is 1.47 bits per heavy atom. The minimum absolute atomic E-state index is 0.0431. The average Bonchev–Trinajstić information content (AvgIpc) is 2.15. The van der Waals surface area contributed by atoms with E-state index >= 15 is 0 Å². The van der Waals surface area contributed by atoms with E-state index in [4.69, 9.17) is 0 Å². The molecule has 0 saturated carbocycles. The van der Waals surface area contributed by atoms with Crippen molar-refractivity contribution in [3.8, 4) is 0 Å². The number of carbonyl (C=O) groups excluding carboxylic acids is 1. The van der Waals surface area contributed by atoms with Gasteiger partial charge >= 0.3 is 5.97 Å². The molecular weight excluding hydrogens is 222 g/mol. The number of carbonyl (C=O) groups is 1. The van der Waals surface area contributed by atoms with Crippen molar-refractivity contribution >= 4 is 16.0 Å². The molecule has 15 heavy (non-hydrogen) atoms. The van der Waals surface area contributed by atoms with Crippen molar-refractivity contribution in [2.75, 3.05) is 19.9 Å². The molecule has 1 N–H and O–H groups in total. The number of hydrogen-bond acceptors (Lipinski definition) is 5. The summed E-state index contributed by atoms with van der Waals surface area (Å²) in [5.41, 5.74) is 0. The molecule has 1 aliphatic heterocycles. The van der Waals surface area contributed by atoms with Crippen LogP contribution in [0.25, 0.3) is 0 Å². The van der Waals surface area contributed by atoms with Crippen molar-refractivity contribution in [3.63, 3.8) is 0 Å². The highest BCUT2D eigenvalue weighted by molar-refractivity contribution is 7.88. The lowest BCUT2D eigenvalue weighted by molar-refractivity contribution is -0.147. The summed E-state index contributed by atoms with van der Waals surface area (Å²) in [5.74, 6) is -0.577. The van der Waals surface area contributed by atoms with E-state index in [1.165, 1.54) is 7.11 Å². The normalized spacial score (nSPS) is 28.7. The third kappa shape index (κ3) is 2.90. The molecule has 0 aromatic heterocycles. The predicted molar refractivity (Wildman–Crippen MR) is 52.6 cm³/mol. The minimum atomic E-state index is -3.49. The van der Waals surface area contributed by atoms with Gasteiger partial charge in [0.25, 0.3) is 0 Å². The highest BCUT2D eigenvalue weighted by Gasteiger charge is 2.38. The number of ether oxygens (including phenoxy) is 1. The zero-order valence-corrected chi connectivity index (χ0v) is 9.53. The number of aliphatic hydroxyl groups excluding tert-OH is 1. The molecule has 0 amide bonds. The molecule has 2 unspecified atom stereocenters. The number of piperidine rings is 1. The summed E-state index contributed by atoms with van der Waals surface area (Å²) in [4.78, 5) is 11.3. The summed E-state index contributed by atoms with van der Waals surface area (Å²) < 4.78 is 28.3. The van der Waals surface area contributed by atoms with Gasteiger partial charge in [-0.05, 0) is 12.8 Å². The lowest BCUT2D eigenvalue weighted by Crippen LogP contribution is -2.52. The van der Waals surface area contributed by atoms with E-state index in [9.17, 15) is 18.3 Å². The molecule has 1 saturated heterocycles. The van der Waals surface area contributed by atoms with E-state index in [1.807, 2.05) is 0 Å². The highest BCUT2D eigenvalue weighted by atomic mass is 32.2. The molecule has 1 fully saturated rings. The summed E-state index contributed by atoms with van der Waals surface area (Å²) >= 11 is 0. The molecule has 1 aliphatic rings. The first-order valence-electron chi connectivity index (χ1n) is 4.59. The number of methoxy groups -OCH3 is 1. The van der Waals surface area contributed by atoms with Gasteiger partial charge in [-0.25, -0.2) is 8.42 Å². The number of sulfonamides is 1. The summed E-state index contributed by atoms with van der Waals surface area (Å²) in [6.07, 6.45) is 1.01. The van der Waals surface area contributed by atoms with Crippen LogP contribution in [0.4, 0.5) is 0 Å². The molecule has 0 radical (unpaired) electrons. The van der Waals surface area contributed by atoms with Crippen LogP contribution in [0, 0.1) is 0 Å². The van der Waals surface area contributed by atoms with Gasteiger partial charge in [0.1, 0.15) is 6.04 Å². The third-order valence-corrected chi connectivity index (χ3v) is 3.67. The molecule has 1 heterocycles. The van der Waals surface area contributed by atoms with Crippen molar-refractivity contribution < 1.29 is 23.1 Å². The Bertz CT molecular complexity index is 339. The van der Waals surface area contributed by atoms with Gasteiger partial charge in [0.15, 0.2) is 0 Å². The van der Waals surface area contributed by atoms with Gasteiger partial charge in [-0.15, -0.1) is 0 Å². The Hall–Kier alpha value is -0.660. The molecule has 88 valence electrons. The first kappa shape index (κ1) is 12.4. The molecule has 0 aromatic rings. The van der Waals surface area contributed by atoms with Crippen molar-refractivity contribution in [1.29, 1.82) is 0 Å². The maximum atomic E-state index is 11.4. The van der Waals surface area contributed by atoms with E-state index in [2.05, 4.69) is 4.74 Å². The quantitative estimate of drug-likeness (QED) is 0.619. The van der Waals surface area contributed by atoms with Crippen LogP contribution in [0.1, 0.15) is 12.8 Å². The number of aliphatic hydroxyl groups is 1. The van der Waals surface area contributed by atoms with Crippen LogP contribution in [-0.4, -0.2) is 55.9 Å². The van der Waals surface area contributed by atoms with Crippen molar-refractivity contribution in [2.24, 2.45) is 0 Å². The van der Waals surface area contributed by atoms with Crippen LogP contribution in [0.5, 0.6) is 0 Å². The largest absolute Gasteiger partial charge is 0.468 e. The second kappa shape index (κ2) is 4.46. The SMILES string of the molecule is COC(=O)C1CCC(O)CN1S(C)(=O)=O. The Labute approximate surface area is 88.9 Å². The summed E-state index contributed by atoms with van der Waals surface area (Å²) in [5, 5.41) is 9.36. The maximum absolute atomic E-state index is 11.4. The first-order chi connectivity index (χ1) is 6.86. The Kier molecular flexibility index (Phi) is 3.69. The lowest BCUT2D eigenvalue weighted by atomic mass is 10.0. The van der Waals surface area contributed by atoms with E-state index in [1.54, 1.807) is 0 Å². The van der Waals surface area contributed by atoms with Gasteiger partial charge in [0.05, 0.1) is 19.5 Å². The third-order valence-electron chi connectivity index (χ3n) is 2.41. The molecule has 0 bridgehead atoms. The predicted octanol–water partition coefficient (Wildman–Crippen LogP) is -1.06. The Balaban J connectivity index is 2.90. The number of nitrogens with zero attached hydrogens (tertiary/aromatic N) is 1. The zero-order valence-electron chi connectivity index (χ0n) is 8.71. The van der Waals surface area contributed by atoms with Crippen molar-refractivity contribution in [1.82, 2.24) is 4.31 Å². The second-order valence-electron chi connectivity index (χ2n) is 3.60. The van der Waals surface area contributed by atoms with E-state index in [-0.39, 0.29) is 6.54 Å². The average molecular weight is 237 g/mol. The monoisotopic (exact) mass is 237 g/mol. The van der Waals surface area contributed by atoms with Crippen LogP contribution in [0.15, 0.2) is 0 Å². The van der Waals surface area contributed by atoms with E-state index in [0.29, 0.717) is 12.8 Å². The molecule has 1 rings (SSSR count). The second-order valence-corrected chi connectivity index (χ2v) is 5.54. The van der Waals surface area contributed by atoms with Crippen LogP contribution in [0.3, 0.4) is 0 Å². The van der Waals surface area contributed by atoms with E-state index < -0.39 is 28.1 Å². The summed E-state index contributed by atoms with van der Waals surface area (Å²) in [7, 11) is -2.27. The summed E-state index contributed by atoms with van der Waals surface area (Å²) in [6.45, 7) is -0.0431.